The summed E-state index contributed by atoms with van der Waals surface area (Å²) in [5.74, 6) is -0.607. The third-order valence-corrected chi connectivity index (χ3v) is 3.78. The van der Waals surface area contributed by atoms with Crippen LogP contribution in [0.25, 0.3) is 6.08 Å². The molecule has 3 nitrogen and oxygen atoms in total. The monoisotopic (exact) mass is 370 g/mol. The molecule has 0 N–H and O–H groups in total. The van der Waals surface area contributed by atoms with Crippen LogP contribution in [0.4, 0.5) is 17.6 Å². The smallest absolute Gasteiger partial charge is 0.479 e. The van der Waals surface area contributed by atoms with E-state index < -0.39 is 17.6 Å². The number of ether oxygens (including phenoxy) is 1. The summed E-state index contributed by atoms with van der Waals surface area (Å²) in [5.41, 5.74) is -3.31. The van der Waals surface area contributed by atoms with Gasteiger partial charge in [0.2, 0.25) is 0 Å². The van der Waals surface area contributed by atoms with Crippen LogP contribution in [0.3, 0.4) is 0 Å². The van der Waals surface area contributed by atoms with Gasteiger partial charge in [-0.1, -0.05) is 12.1 Å². The van der Waals surface area contributed by atoms with Crippen molar-refractivity contribution in [2.45, 2.75) is 5.51 Å². The van der Waals surface area contributed by atoms with Gasteiger partial charge >= 0.3 is 5.51 Å². The van der Waals surface area contributed by atoms with Gasteiger partial charge in [0.25, 0.3) is 0 Å². The van der Waals surface area contributed by atoms with Crippen molar-refractivity contribution in [3.63, 3.8) is 0 Å². The molecule has 0 saturated carbocycles. The lowest BCUT2D eigenvalue weighted by molar-refractivity contribution is -0.0369. The van der Waals surface area contributed by atoms with Gasteiger partial charge in [0.15, 0.2) is 17.8 Å². The minimum atomic E-state index is -4.53. The number of hydrogen-bond donors (Lipinski definition) is 0. The number of hydrogen-bond acceptors (Lipinski definition) is 4. The first-order valence-electron chi connectivity index (χ1n) is 7.02. The van der Waals surface area contributed by atoms with E-state index in [1.54, 1.807) is 6.08 Å². The second kappa shape index (κ2) is 6.79. The van der Waals surface area contributed by atoms with Crippen molar-refractivity contribution in [2.75, 3.05) is 6.61 Å². The Hall–Kier alpha value is -2.48. The van der Waals surface area contributed by atoms with Crippen molar-refractivity contribution in [3.8, 4) is 11.5 Å². The number of fused-ring (bicyclic) bond motifs is 1. The molecular formula is C17H10F4O3S. The third-order valence-electron chi connectivity index (χ3n) is 3.32. The average Bonchev–Trinajstić information content (AvgIpc) is 2.57. The second-order valence-corrected chi connectivity index (χ2v) is 5.91. The van der Waals surface area contributed by atoms with Gasteiger partial charge in [0, 0.05) is 11.6 Å². The number of halogens is 4. The van der Waals surface area contributed by atoms with E-state index in [0.29, 0.717) is 11.1 Å². The van der Waals surface area contributed by atoms with Gasteiger partial charge in [-0.3, -0.25) is 4.79 Å². The molecule has 25 heavy (non-hydrogen) atoms. The Morgan fingerprint density at radius 3 is 2.52 bits per heavy atom. The SMILES string of the molecule is O=C1/C(=C/c2ccc(F)cc2)COc2cc(OSC(F)(F)F)ccc21. The summed E-state index contributed by atoms with van der Waals surface area (Å²) >= 11 is -0.641. The zero-order chi connectivity index (χ0) is 18.0. The lowest BCUT2D eigenvalue weighted by atomic mass is 9.98. The van der Waals surface area contributed by atoms with Crippen molar-refractivity contribution >= 4 is 23.9 Å². The standard InChI is InChI=1S/C17H10F4O3S/c18-12-3-1-10(2-4-12)7-11-9-23-15-8-13(24-25-17(19,20)21)5-6-14(15)16(11)22/h1-8H,9H2/b11-7+. The van der Waals surface area contributed by atoms with Crippen LogP contribution >= 0.6 is 12.0 Å². The molecule has 2 aromatic rings. The van der Waals surface area contributed by atoms with Gasteiger partial charge in [-0.05, 0) is 35.9 Å². The zero-order valence-corrected chi connectivity index (χ0v) is 13.3. The van der Waals surface area contributed by atoms with E-state index in [9.17, 15) is 22.4 Å². The van der Waals surface area contributed by atoms with Gasteiger partial charge < -0.3 is 8.92 Å². The van der Waals surface area contributed by atoms with E-state index in [-0.39, 0.29) is 35.3 Å². The molecule has 0 saturated heterocycles. The molecule has 1 heterocycles. The Morgan fingerprint density at radius 1 is 1.12 bits per heavy atom. The third kappa shape index (κ3) is 4.33. The normalized spacial score (nSPS) is 15.7. The van der Waals surface area contributed by atoms with Crippen molar-refractivity contribution in [3.05, 3.63) is 65.0 Å². The average molecular weight is 370 g/mol. The Bertz CT molecular complexity index is 829. The maximum Gasteiger partial charge on any atom is 0.479 e. The largest absolute Gasteiger partial charge is 0.488 e. The highest BCUT2D eigenvalue weighted by atomic mass is 32.2. The first-order chi connectivity index (χ1) is 11.8. The van der Waals surface area contributed by atoms with Crippen molar-refractivity contribution in [2.24, 2.45) is 0 Å². The van der Waals surface area contributed by atoms with Gasteiger partial charge in [0.1, 0.15) is 23.9 Å². The van der Waals surface area contributed by atoms with Crippen LogP contribution in [0.1, 0.15) is 15.9 Å². The molecule has 0 spiro atoms. The molecule has 0 fully saturated rings. The minimum Gasteiger partial charge on any atom is -0.488 e. The van der Waals surface area contributed by atoms with Crippen molar-refractivity contribution in [1.82, 2.24) is 0 Å². The summed E-state index contributed by atoms with van der Waals surface area (Å²) in [6.07, 6.45) is 1.58. The molecule has 0 radical (unpaired) electrons. The van der Waals surface area contributed by atoms with Crippen LogP contribution in [-0.2, 0) is 0 Å². The maximum absolute atomic E-state index is 12.9. The number of carbonyl (C=O) groups excluding carboxylic acids is 1. The molecule has 130 valence electrons. The number of Topliss-reactive ketones (excluding diaryl/α,β-unsaturated/α-hetero) is 1. The predicted molar refractivity (Wildman–Crippen MR) is 84.9 cm³/mol. The zero-order valence-electron chi connectivity index (χ0n) is 12.5. The Kier molecular flexibility index (Phi) is 4.71. The van der Waals surface area contributed by atoms with E-state index in [0.717, 1.165) is 0 Å². The topological polar surface area (TPSA) is 35.5 Å². The van der Waals surface area contributed by atoms with E-state index in [1.807, 2.05) is 0 Å². The van der Waals surface area contributed by atoms with Gasteiger partial charge in [-0.15, -0.1) is 0 Å². The summed E-state index contributed by atoms with van der Waals surface area (Å²) < 4.78 is 59.4. The van der Waals surface area contributed by atoms with Gasteiger partial charge in [-0.25, -0.2) is 4.39 Å². The molecule has 2 aromatic carbocycles. The molecule has 3 rings (SSSR count). The molecule has 1 aliphatic heterocycles. The fourth-order valence-electron chi connectivity index (χ4n) is 2.22. The molecule has 0 atom stereocenters. The molecule has 8 heteroatoms. The molecular weight excluding hydrogens is 360 g/mol. The summed E-state index contributed by atoms with van der Waals surface area (Å²) in [6.45, 7) is -0.0426. The van der Waals surface area contributed by atoms with Gasteiger partial charge in [-0.2, -0.15) is 13.2 Å². The number of benzene rings is 2. The molecule has 0 bridgehead atoms. The summed E-state index contributed by atoms with van der Waals surface area (Å²) in [4.78, 5) is 12.5. The summed E-state index contributed by atoms with van der Waals surface area (Å²) in [6, 6.07) is 9.45. The summed E-state index contributed by atoms with van der Waals surface area (Å²) in [7, 11) is 0. The van der Waals surface area contributed by atoms with Crippen LogP contribution in [-0.4, -0.2) is 17.9 Å². The molecule has 0 aliphatic carbocycles. The Morgan fingerprint density at radius 2 is 1.84 bits per heavy atom. The first kappa shape index (κ1) is 17.3. The lowest BCUT2D eigenvalue weighted by Gasteiger charge is -2.19. The van der Waals surface area contributed by atoms with Crippen LogP contribution in [0.2, 0.25) is 0 Å². The highest BCUT2D eigenvalue weighted by Crippen LogP contribution is 2.36. The number of carbonyl (C=O) groups is 1. The number of rotatable bonds is 3. The van der Waals surface area contributed by atoms with Crippen LogP contribution < -0.4 is 8.92 Å². The molecule has 0 amide bonds. The minimum absolute atomic E-state index is 0.0426. The van der Waals surface area contributed by atoms with Crippen LogP contribution in [0.5, 0.6) is 11.5 Å². The second-order valence-electron chi connectivity index (χ2n) is 5.11. The fraction of sp³-hybridized carbons (Fsp3) is 0.118. The van der Waals surface area contributed by atoms with Crippen molar-refractivity contribution in [1.29, 1.82) is 0 Å². The maximum atomic E-state index is 12.9. The number of alkyl halides is 3. The number of ketones is 1. The molecule has 0 aromatic heterocycles. The quantitative estimate of drug-likeness (QED) is 0.431. The molecule has 0 unspecified atom stereocenters. The van der Waals surface area contributed by atoms with Crippen LogP contribution in [0, 0.1) is 5.82 Å². The Balaban J connectivity index is 1.80. The van der Waals surface area contributed by atoms with E-state index >= 15 is 0 Å². The van der Waals surface area contributed by atoms with E-state index in [4.69, 9.17) is 4.74 Å². The highest BCUT2D eigenvalue weighted by molar-refractivity contribution is 7.95. The summed E-state index contributed by atoms with van der Waals surface area (Å²) in [5, 5.41) is 0. The highest BCUT2D eigenvalue weighted by Gasteiger charge is 2.32. The lowest BCUT2D eigenvalue weighted by Crippen LogP contribution is -2.19. The van der Waals surface area contributed by atoms with Crippen molar-refractivity contribution < 1.29 is 31.3 Å². The van der Waals surface area contributed by atoms with E-state index in [2.05, 4.69) is 4.18 Å². The fourth-order valence-corrected chi connectivity index (χ4v) is 2.51. The van der Waals surface area contributed by atoms with Crippen LogP contribution in [0.15, 0.2) is 48.0 Å². The first-order valence-corrected chi connectivity index (χ1v) is 7.76. The van der Waals surface area contributed by atoms with E-state index in [1.165, 1.54) is 42.5 Å². The Labute approximate surface area is 144 Å². The van der Waals surface area contributed by atoms with Gasteiger partial charge in [0.05, 0.1) is 5.56 Å². The molecule has 1 aliphatic rings. The predicted octanol–water partition coefficient (Wildman–Crippen LogP) is 5.03.